The Bertz CT molecular complexity index is 830. The third-order valence-corrected chi connectivity index (χ3v) is 4.20. The van der Waals surface area contributed by atoms with Crippen molar-refractivity contribution in [2.24, 2.45) is 0 Å². The molecule has 5 heteroatoms. The number of hydrogen-bond acceptors (Lipinski definition) is 2. The molecule has 0 aliphatic carbocycles. The molecule has 1 heterocycles. The summed E-state index contributed by atoms with van der Waals surface area (Å²) < 4.78 is 0.895. The second-order valence-corrected chi connectivity index (χ2v) is 6.05. The van der Waals surface area contributed by atoms with Crippen molar-refractivity contribution in [3.8, 4) is 0 Å². The molecule has 3 aromatic rings. The van der Waals surface area contributed by atoms with E-state index in [-0.39, 0.29) is 5.91 Å². The first kappa shape index (κ1) is 14.3. The molecule has 3 rings (SSSR count). The number of hydrogen-bond donors (Lipinski definition) is 1. The van der Waals surface area contributed by atoms with E-state index in [1.807, 2.05) is 30.3 Å². The van der Waals surface area contributed by atoms with Crippen LogP contribution in [0.5, 0.6) is 0 Å². The van der Waals surface area contributed by atoms with Crippen molar-refractivity contribution in [1.29, 1.82) is 0 Å². The first-order valence-corrected chi connectivity index (χ1v) is 7.71. The Kier molecular flexibility index (Phi) is 4.07. The minimum Gasteiger partial charge on any atom is -0.321 e. The van der Waals surface area contributed by atoms with Gasteiger partial charge in [-0.3, -0.25) is 9.78 Å². The number of amides is 1. The number of carbonyl (C=O) groups is 1. The van der Waals surface area contributed by atoms with E-state index in [4.69, 9.17) is 11.6 Å². The fourth-order valence-corrected chi connectivity index (χ4v) is 3.09. The highest BCUT2D eigenvalue weighted by Crippen LogP contribution is 2.24. The minimum absolute atomic E-state index is 0.158. The molecular weight excluding hydrogens is 399 g/mol. The van der Waals surface area contributed by atoms with Crippen LogP contribution in [0.4, 0.5) is 5.69 Å². The highest BCUT2D eigenvalue weighted by molar-refractivity contribution is 14.1. The quantitative estimate of drug-likeness (QED) is 0.622. The summed E-state index contributed by atoms with van der Waals surface area (Å²) in [5, 5.41) is 4.39. The summed E-state index contributed by atoms with van der Waals surface area (Å²) in [6.07, 6.45) is 1.71. The lowest BCUT2D eigenvalue weighted by Crippen LogP contribution is -2.13. The van der Waals surface area contributed by atoms with Gasteiger partial charge in [0.2, 0.25) is 0 Å². The molecule has 104 valence electrons. The van der Waals surface area contributed by atoms with E-state index in [0.717, 1.165) is 20.2 Å². The van der Waals surface area contributed by atoms with Crippen LogP contribution in [0, 0.1) is 3.57 Å². The van der Waals surface area contributed by atoms with Gasteiger partial charge in [0.15, 0.2) is 0 Å². The topological polar surface area (TPSA) is 42.0 Å². The van der Waals surface area contributed by atoms with Gasteiger partial charge in [-0.2, -0.15) is 0 Å². The SMILES string of the molecule is O=C(Nc1ccc(Cl)cc1I)c1cccc2ncccc12. The van der Waals surface area contributed by atoms with Gasteiger partial charge in [0, 0.05) is 25.7 Å². The van der Waals surface area contributed by atoms with E-state index in [1.54, 1.807) is 24.4 Å². The van der Waals surface area contributed by atoms with Gasteiger partial charge in [-0.15, -0.1) is 0 Å². The Balaban J connectivity index is 1.97. The lowest BCUT2D eigenvalue weighted by molar-refractivity contribution is 0.102. The maximum absolute atomic E-state index is 12.5. The van der Waals surface area contributed by atoms with Crippen molar-refractivity contribution in [2.45, 2.75) is 0 Å². The Labute approximate surface area is 140 Å². The Hall–Kier alpha value is -1.66. The smallest absolute Gasteiger partial charge is 0.256 e. The third kappa shape index (κ3) is 3.01. The van der Waals surface area contributed by atoms with E-state index >= 15 is 0 Å². The Morgan fingerprint density at radius 3 is 2.81 bits per heavy atom. The molecule has 2 aromatic carbocycles. The van der Waals surface area contributed by atoms with E-state index in [0.29, 0.717) is 10.6 Å². The average molecular weight is 409 g/mol. The molecule has 1 amide bonds. The van der Waals surface area contributed by atoms with E-state index in [2.05, 4.69) is 32.9 Å². The summed E-state index contributed by atoms with van der Waals surface area (Å²) in [7, 11) is 0. The average Bonchev–Trinajstić information content (AvgIpc) is 2.49. The maximum atomic E-state index is 12.5. The Morgan fingerprint density at radius 2 is 2.00 bits per heavy atom. The first-order valence-electron chi connectivity index (χ1n) is 6.25. The molecule has 1 N–H and O–H groups in total. The molecule has 0 spiro atoms. The van der Waals surface area contributed by atoms with Crippen LogP contribution in [0.25, 0.3) is 10.9 Å². The summed E-state index contributed by atoms with van der Waals surface area (Å²) >= 11 is 8.07. The number of benzene rings is 2. The van der Waals surface area contributed by atoms with Crippen LogP contribution in [0.15, 0.2) is 54.7 Å². The van der Waals surface area contributed by atoms with E-state index in [9.17, 15) is 4.79 Å². The molecule has 0 atom stereocenters. The van der Waals surface area contributed by atoms with Gasteiger partial charge in [0.25, 0.3) is 5.91 Å². The van der Waals surface area contributed by atoms with Crippen LogP contribution >= 0.6 is 34.2 Å². The monoisotopic (exact) mass is 408 g/mol. The van der Waals surface area contributed by atoms with Crippen LogP contribution in [0.2, 0.25) is 5.02 Å². The van der Waals surface area contributed by atoms with Crippen LogP contribution in [0.1, 0.15) is 10.4 Å². The number of rotatable bonds is 2. The van der Waals surface area contributed by atoms with Crippen molar-refractivity contribution < 1.29 is 4.79 Å². The van der Waals surface area contributed by atoms with Gasteiger partial charge in [0.05, 0.1) is 11.2 Å². The predicted molar refractivity (Wildman–Crippen MR) is 93.9 cm³/mol. The normalized spacial score (nSPS) is 10.6. The number of anilines is 1. The van der Waals surface area contributed by atoms with Crippen LogP contribution < -0.4 is 5.32 Å². The van der Waals surface area contributed by atoms with Crippen molar-refractivity contribution >= 4 is 56.7 Å². The van der Waals surface area contributed by atoms with Crippen molar-refractivity contribution in [3.05, 3.63) is 68.9 Å². The second kappa shape index (κ2) is 5.99. The van der Waals surface area contributed by atoms with Gasteiger partial charge in [-0.25, -0.2) is 0 Å². The predicted octanol–water partition coefficient (Wildman–Crippen LogP) is 4.75. The zero-order chi connectivity index (χ0) is 14.8. The van der Waals surface area contributed by atoms with Gasteiger partial charge >= 0.3 is 0 Å². The summed E-state index contributed by atoms with van der Waals surface area (Å²) in [5.74, 6) is -0.158. The molecule has 0 fully saturated rings. The van der Waals surface area contributed by atoms with Crippen LogP contribution in [-0.4, -0.2) is 10.9 Å². The highest BCUT2D eigenvalue weighted by atomic mass is 127. The lowest BCUT2D eigenvalue weighted by atomic mass is 10.1. The number of halogens is 2. The summed E-state index contributed by atoms with van der Waals surface area (Å²) in [4.78, 5) is 16.8. The molecule has 0 saturated heterocycles. The van der Waals surface area contributed by atoms with Crippen molar-refractivity contribution in [3.63, 3.8) is 0 Å². The zero-order valence-electron chi connectivity index (χ0n) is 10.8. The molecule has 3 nitrogen and oxygen atoms in total. The molecule has 0 unspecified atom stereocenters. The first-order chi connectivity index (χ1) is 10.1. The number of nitrogens with zero attached hydrogens (tertiary/aromatic N) is 1. The summed E-state index contributed by atoms with van der Waals surface area (Å²) in [5.41, 5.74) is 2.15. The fourth-order valence-electron chi connectivity index (χ4n) is 2.08. The molecular formula is C16H10ClIN2O. The van der Waals surface area contributed by atoms with Gasteiger partial charge in [0.1, 0.15) is 0 Å². The molecule has 1 aromatic heterocycles. The highest BCUT2D eigenvalue weighted by Gasteiger charge is 2.12. The maximum Gasteiger partial charge on any atom is 0.256 e. The molecule has 0 aliphatic rings. The number of nitrogens with one attached hydrogen (secondary N) is 1. The van der Waals surface area contributed by atoms with Crippen LogP contribution in [-0.2, 0) is 0 Å². The lowest BCUT2D eigenvalue weighted by Gasteiger charge is -2.09. The molecule has 0 radical (unpaired) electrons. The second-order valence-electron chi connectivity index (χ2n) is 4.45. The standard InChI is InChI=1S/C16H10ClIN2O/c17-10-6-7-15(13(18)9-10)20-16(21)12-3-1-5-14-11(12)4-2-8-19-14/h1-9H,(H,20,21). The summed E-state index contributed by atoms with van der Waals surface area (Å²) in [6.45, 7) is 0. The molecule has 0 bridgehead atoms. The van der Waals surface area contributed by atoms with E-state index in [1.165, 1.54) is 0 Å². The third-order valence-electron chi connectivity index (χ3n) is 3.07. The van der Waals surface area contributed by atoms with Gasteiger partial charge < -0.3 is 5.32 Å². The Morgan fingerprint density at radius 1 is 1.14 bits per heavy atom. The number of fused-ring (bicyclic) bond motifs is 1. The molecule has 21 heavy (non-hydrogen) atoms. The number of aromatic nitrogens is 1. The fraction of sp³-hybridized carbons (Fsp3) is 0. The minimum atomic E-state index is -0.158. The van der Waals surface area contributed by atoms with Crippen molar-refractivity contribution in [2.75, 3.05) is 5.32 Å². The van der Waals surface area contributed by atoms with Crippen molar-refractivity contribution in [1.82, 2.24) is 4.98 Å². The molecule has 0 saturated carbocycles. The largest absolute Gasteiger partial charge is 0.321 e. The van der Waals surface area contributed by atoms with Crippen LogP contribution in [0.3, 0.4) is 0 Å². The molecule has 0 aliphatic heterocycles. The zero-order valence-corrected chi connectivity index (χ0v) is 13.7. The number of pyridine rings is 1. The van der Waals surface area contributed by atoms with E-state index < -0.39 is 0 Å². The summed E-state index contributed by atoms with van der Waals surface area (Å²) in [6, 6.07) is 14.6. The number of carbonyl (C=O) groups excluding carboxylic acids is 1. The van der Waals surface area contributed by atoms with Gasteiger partial charge in [-0.05, 0) is 59.0 Å². The van der Waals surface area contributed by atoms with Gasteiger partial charge in [-0.1, -0.05) is 23.7 Å².